The van der Waals surface area contributed by atoms with E-state index in [1.807, 2.05) is 6.92 Å². The summed E-state index contributed by atoms with van der Waals surface area (Å²) >= 11 is 6.73. The van der Waals surface area contributed by atoms with Gasteiger partial charge in [-0.15, -0.1) is 0 Å². The van der Waals surface area contributed by atoms with Gasteiger partial charge in [0.1, 0.15) is 4.90 Å². The van der Waals surface area contributed by atoms with Gasteiger partial charge in [-0.05, 0) is 59.6 Å². The summed E-state index contributed by atoms with van der Waals surface area (Å²) in [6.07, 6.45) is 3.15. The average molecular weight is 434 g/mol. The predicted octanol–water partition coefficient (Wildman–Crippen LogP) is 4.13. The van der Waals surface area contributed by atoms with Crippen molar-refractivity contribution in [3.05, 3.63) is 51.2 Å². The minimum atomic E-state index is -3.65. The maximum absolute atomic E-state index is 12.9. The molecule has 0 amide bonds. The van der Waals surface area contributed by atoms with Gasteiger partial charge >= 0.3 is 0 Å². The number of anilines is 1. The summed E-state index contributed by atoms with van der Waals surface area (Å²) < 4.78 is 28.5. The quantitative estimate of drug-likeness (QED) is 0.728. The molecule has 4 nitrogen and oxygen atoms in total. The van der Waals surface area contributed by atoms with Crippen LogP contribution in [0.25, 0.3) is 0 Å². The second-order valence-corrected chi connectivity index (χ2v) is 7.95. The van der Waals surface area contributed by atoms with Gasteiger partial charge in [0.05, 0.1) is 5.69 Å². The van der Waals surface area contributed by atoms with E-state index in [4.69, 9.17) is 0 Å². The summed E-state index contributed by atoms with van der Waals surface area (Å²) in [5, 5.41) is 0. The first-order valence-corrected chi connectivity index (χ1v) is 9.29. The SMILES string of the molecule is CCN(c1ccncc1)S(=O)(=O)c1cc(Br)c(C)cc1Br. The molecule has 1 aromatic heterocycles. The van der Waals surface area contributed by atoms with Crippen LogP contribution in [0.5, 0.6) is 0 Å². The molecule has 112 valence electrons. The highest BCUT2D eigenvalue weighted by Crippen LogP contribution is 2.32. The Labute approximate surface area is 141 Å². The van der Waals surface area contributed by atoms with Gasteiger partial charge in [0.25, 0.3) is 10.0 Å². The van der Waals surface area contributed by atoms with Crippen molar-refractivity contribution in [3.63, 3.8) is 0 Å². The van der Waals surface area contributed by atoms with Crippen LogP contribution in [-0.2, 0) is 10.0 Å². The number of hydrogen-bond donors (Lipinski definition) is 0. The van der Waals surface area contributed by atoms with Crippen LogP contribution < -0.4 is 4.31 Å². The van der Waals surface area contributed by atoms with Gasteiger partial charge < -0.3 is 0 Å². The first-order valence-electron chi connectivity index (χ1n) is 6.26. The number of halogens is 2. The Bertz CT molecular complexity index is 749. The molecule has 2 aromatic rings. The largest absolute Gasteiger partial charge is 0.266 e. The zero-order valence-electron chi connectivity index (χ0n) is 11.5. The lowest BCUT2D eigenvalue weighted by Gasteiger charge is -2.23. The van der Waals surface area contributed by atoms with Crippen LogP contribution in [0.4, 0.5) is 5.69 Å². The van der Waals surface area contributed by atoms with Crippen LogP contribution in [0.1, 0.15) is 12.5 Å². The smallest absolute Gasteiger partial charge is 0.265 e. The van der Waals surface area contributed by atoms with Crippen LogP contribution in [-0.4, -0.2) is 19.9 Å². The van der Waals surface area contributed by atoms with Gasteiger partial charge in [-0.3, -0.25) is 9.29 Å². The Balaban J connectivity index is 2.58. The molecule has 0 radical (unpaired) electrons. The Kier molecular flexibility index (Phi) is 5.06. The van der Waals surface area contributed by atoms with Crippen molar-refractivity contribution in [1.82, 2.24) is 4.98 Å². The summed E-state index contributed by atoms with van der Waals surface area (Å²) in [4.78, 5) is 4.16. The van der Waals surface area contributed by atoms with Crippen molar-refractivity contribution < 1.29 is 8.42 Å². The van der Waals surface area contributed by atoms with Crippen molar-refractivity contribution in [2.45, 2.75) is 18.7 Å². The van der Waals surface area contributed by atoms with Gasteiger partial charge in [-0.25, -0.2) is 8.42 Å². The zero-order valence-corrected chi connectivity index (χ0v) is 15.5. The third kappa shape index (κ3) is 3.30. The van der Waals surface area contributed by atoms with E-state index in [1.54, 1.807) is 43.6 Å². The lowest BCUT2D eigenvalue weighted by molar-refractivity contribution is 0.591. The van der Waals surface area contributed by atoms with Crippen molar-refractivity contribution in [2.75, 3.05) is 10.8 Å². The third-order valence-corrected chi connectivity index (χ3v) is 6.73. The molecular formula is C14H14Br2N2O2S. The van der Waals surface area contributed by atoms with E-state index in [9.17, 15) is 8.42 Å². The lowest BCUT2D eigenvalue weighted by atomic mass is 10.2. The van der Waals surface area contributed by atoms with Crippen molar-refractivity contribution >= 4 is 47.6 Å². The average Bonchev–Trinajstić information content (AvgIpc) is 2.44. The monoisotopic (exact) mass is 432 g/mol. The fourth-order valence-electron chi connectivity index (χ4n) is 1.95. The highest BCUT2D eigenvalue weighted by atomic mass is 79.9. The van der Waals surface area contributed by atoms with Gasteiger partial charge in [0.2, 0.25) is 0 Å². The fourth-order valence-corrected chi connectivity index (χ4v) is 5.06. The topological polar surface area (TPSA) is 50.3 Å². The molecule has 0 N–H and O–H groups in total. The molecule has 0 aliphatic carbocycles. The van der Waals surface area contributed by atoms with Crippen LogP contribution in [0.15, 0.2) is 50.5 Å². The maximum atomic E-state index is 12.9. The first-order chi connectivity index (χ1) is 9.87. The van der Waals surface area contributed by atoms with Gasteiger partial charge in [-0.1, -0.05) is 15.9 Å². The molecule has 0 saturated heterocycles. The van der Waals surface area contributed by atoms with Crippen LogP contribution in [0.2, 0.25) is 0 Å². The summed E-state index contributed by atoms with van der Waals surface area (Å²) in [5.41, 5.74) is 1.56. The number of aromatic nitrogens is 1. The van der Waals surface area contributed by atoms with E-state index >= 15 is 0 Å². The van der Waals surface area contributed by atoms with E-state index < -0.39 is 10.0 Å². The summed E-state index contributed by atoms with van der Waals surface area (Å²) in [6, 6.07) is 6.77. The zero-order chi connectivity index (χ0) is 15.6. The molecule has 0 atom stereocenters. The first kappa shape index (κ1) is 16.5. The normalized spacial score (nSPS) is 11.4. The van der Waals surface area contributed by atoms with Crippen LogP contribution >= 0.6 is 31.9 Å². The van der Waals surface area contributed by atoms with Gasteiger partial charge in [-0.2, -0.15) is 0 Å². The molecule has 0 spiro atoms. The van der Waals surface area contributed by atoms with Gasteiger partial charge in [0, 0.05) is 27.9 Å². The Hall–Kier alpha value is -0.920. The molecule has 0 saturated carbocycles. The summed E-state index contributed by atoms with van der Waals surface area (Å²) in [7, 11) is -3.65. The number of hydrogen-bond acceptors (Lipinski definition) is 3. The predicted molar refractivity (Wildman–Crippen MR) is 91.0 cm³/mol. The number of sulfonamides is 1. The standard InChI is InChI=1S/C14H14Br2N2O2S/c1-3-18(11-4-6-17-7-5-11)21(19,20)14-9-12(15)10(2)8-13(14)16/h4-9H,3H2,1-2H3. The molecule has 0 aliphatic heterocycles. The molecule has 21 heavy (non-hydrogen) atoms. The highest BCUT2D eigenvalue weighted by molar-refractivity contribution is 9.11. The number of aryl methyl sites for hydroxylation is 1. The highest BCUT2D eigenvalue weighted by Gasteiger charge is 2.26. The molecule has 2 rings (SSSR count). The molecule has 1 heterocycles. The number of pyridine rings is 1. The van der Waals surface area contributed by atoms with E-state index in [0.717, 1.165) is 10.0 Å². The van der Waals surface area contributed by atoms with E-state index in [0.29, 0.717) is 16.7 Å². The summed E-state index contributed by atoms with van der Waals surface area (Å²) in [6.45, 7) is 4.05. The number of benzene rings is 1. The Morgan fingerprint density at radius 2 is 1.76 bits per heavy atom. The van der Waals surface area contributed by atoms with Gasteiger partial charge in [0.15, 0.2) is 0 Å². The Morgan fingerprint density at radius 1 is 1.14 bits per heavy atom. The van der Waals surface area contributed by atoms with E-state index in [-0.39, 0.29) is 4.90 Å². The molecule has 0 bridgehead atoms. The van der Waals surface area contributed by atoms with Crippen LogP contribution in [0, 0.1) is 6.92 Å². The van der Waals surface area contributed by atoms with Crippen molar-refractivity contribution in [2.24, 2.45) is 0 Å². The van der Waals surface area contributed by atoms with Crippen molar-refractivity contribution in [1.29, 1.82) is 0 Å². The van der Waals surface area contributed by atoms with Crippen molar-refractivity contribution in [3.8, 4) is 0 Å². The number of nitrogens with zero attached hydrogens (tertiary/aromatic N) is 2. The third-order valence-electron chi connectivity index (χ3n) is 3.02. The molecule has 7 heteroatoms. The van der Waals surface area contributed by atoms with E-state index in [2.05, 4.69) is 36.8 Å². The molecule has 1 aromatic carbocycles. The minimum absolute atomic E-state index is 0.235. The minimum Gasteiger partial charge on any atom is -0.266 e. The molecule has 0 fully saturated rings. The van der Waals surface area contributed by atoms with Crippen LogP contribution in [0.3, 0.4) is 0 Å². The Morgan fingerprint density at radius 3 is 2.33 bits per heavy atom. The maximum Gasteiger partial charge on any atom is 0.265 e. The molecular weight excluding hydrogens is 420 g/mol. The second-order valence-electron chi connectivity index (χ2n) is 4.41. The summed E-state index contributed by atoms with van der Waals surface area (Å²) in [5.74, 6) is 0. The lowest BCUT2D eigenvalue weighted by Crippen LogP contribution is -2.31. The second kappa shape index (κ2) is 6.46. The molecule has 0 aliphatic rings. The number of rotatable bonds is 4. The van der Waals surface area contributed by atoms with E-state index in [1.165, 1.54) is 4.31 Å². The fraction of sp³-hybridized carbons (Fsp3) is 0.214. The molecule has 0 unspecified atom stereocenters.